The zero-order chi connectivity index (χ0) is 16.4. The molecule has 1 amide bonds. The Labute approximate surface area is 149 Å². The van der Waals surface area contributed by atoms with Crippen LogP contribution >= 0.6 is 31.9 Å². The van der Waals surface area contributed by atoms with E-state index >= 15 is 0 Å². The Bertz CT molecular complexity index is 857. The van der Waals surface area contributed by atoms with Gasteiger partial charge in [0.25, 0.3) is 5.91 Å². The van der Waals surface area contributed by atoms with Gasteiger partial charge in [-0.15, -0.1) is 0 Å². The highest BCUT2D eigenvalue weighted by Gasteiger charge is 2.13. The maximum atomic E-state index is 12.3. The van der Waals surface area contributed by atoms with Crippen LogP contribution in [0.15, 0.2) is 68.0 Å². The zero-order valence-electron chi connectivity index (χ0n) is 11.8. The van der Waals surface area contributed by atoms with Crippen molar-refractivity contribution in [2.24, 2.45) is 0 Å². The lowest BCUT2D eigenvalue weighted by atomic mass is 10.2. The van der Waals surface area contributed by atoms with E-state index in [2.05, 4.69) is 37.2 Å². The van der Waals surface area contributed by atoms with Crippen molar-refractivity contribution in [2.45, 2.75) is 0 Å². The second-order valence-electron chi connectivity index (χ2n) is 4.86. The molecule has 0 aliphatic carbocycles. The third kappa shape index (κ3) is 3.65. The number of carbonyl (C=O) groups is 1. The highest BCUT2D eigenvalue weighted by molar-refractivity contribution is 9.10. The van der Waals surface area contributed by atoms with Crippen LogP contribution in [0.3, 0.4) is 0 Å². The number of benzene rings is 2. The Morgan fingerprint density at radius 1 is 1.00 bits per heavy atom. The van der Waals surface area contributed by atoms with E-state index in [9.17, 15) is 4.79 Å². The summed E-state index contributed by atoms with van der Waals surface area (Å²) in [6, 6.07) is 16.3. The van der Waals surface area contributed by atoms with E-state index in [0.29, 0.717) is 21.6 Å². The van der Waals surface area contributed by atoms with Crippen LogP contribution in [0.4, 0.5) is 11.4 Å². The molecule has 6 heteroatoms. The number of rotatable bonds is 3. The van der Waals surface area contributed by atoms with E-state index in [1.165, 1.54) is 0 Å². The van der Waals surface area contributed by atoms with Crippen LogP contribution in [0.25, 0.3) is 11.3 Å². The van der Waals surface area contributed by atoms with E-state index in [0.717, 1.165) is 10.0 Å². The summed E-state index contributed by atoms with van der Waals surface area (Å²) in [7, 11) is 0. The molecule has 0 aliphatic heterocycles. The number of amides is 1. The van der Waals surface area contributed by atoms with Gasteiger partial charge in [0, 0.05) is 20.2 Å². The van der Waals surface area contributed by atoms with Crippen molar-refractivity contribution >= 4 is 49.1 Å². The largest absolute Gasteiger partial charge is 0.451 e. The molecular weight excluding hydrogens is 424 g/mol. The van der Waals surface area contributed by atoms with Crippen molar-refractivity contribution in [3.63, 3.8) is 0 Å². The number of nitrogens with two attached hydrogens (primary N) is 1. The van der Waals surface area contributed by atoms with Gasteiger partial charge in [-0.2, -0.15) is 0 Å². The van der Waals surface area contributed by atoms with Gasteiger partial charge in [-0.25, -0.2) is 0 Å². The summed E-state index contributed by atoms with van der Waals surface area (Å²) in [5.74, 6) is 0.560. The second kappa shape index (κ2) is 6.60. The highest BCUT2D eigenvalue weighted by Crippen LogP contribution is 2.27. The molecule has 1 aromatic heterocycles. The fourth-order valence-electron chi connectivity index (χ4n) is 2.05. The lowest BCUT2D eigenvalue weighted by Gasteiger charge is -2.06. The normalized spacial score (nSPS) is 10.5. The molecule has 0 atom stereocenters. The van der Waals surface area contributed by atoms with Crippen LogP contribution in [0.5, 0.6) is 0 Å². The van der Waals surface area contributed by atoms with E-state index < -0.39 is 0 Å². The smallest absolute Gasteiger partial charge is 0.291 e. The lowest BCUT2D eigenvalue weighted by molar-refractivity contribution is 0.0997. The van der Waals surface area contributed by atoms with Crippen molar-refractivity contribution in [1.29, 1.82) is 0 Å². The number of nitrogens with one attached hydrogen (secondary N) is 1. The molecule has 1 heterocycles. The van der Waals surface area contributed by atoms with Crippen molar-refractivity contribution in [3.8, 4) is 11.3 Å². The van der Waals surface area contributed by atoms with Gasteiger partial charge in [-0.1, -0.05) is 28.1 Å². The fraction of sp³-hybridized carbons (Fsp3) is 0. The van der Waals surface area contributed by atoms with E-state index in [1.54, 1.807) is 30.3 Å². The molecule has 3 rings (SSSR count). The van der Waals surface area contributed by atoms with Gasteiger partial charge in [-0.05, 0) is 58.4 Å². The van der Waals surface area contributed by atoms with Crippen LogP contribution in [0.2, 0.25) is 0 Å². The maximum Gasteiger partial charge on any atom is 0.291 e. The first kappa shape index (κ1) is 15.8. The SMILES string of the molecule is Nc1ccc(NC(=O)c2ccc(-c3ccc(Br)cc3)o2)c(Br)c1. The first-order valence-electron chi connectivity index (χ1n) is 6.75. The van der Waals surface area contributed by atoms with Gasteiger partial charge < -0.3 is 15.5 Å². The Balaban J connectivity index is 1.79. The number of hydrogen-bond donors (Lipinski definition) is 2. The average molecular weight is 436 g/mol. The van der Waals surface area contributed by atoms with Crippen molar-refractivity contribution in [3.05, 3.63) is 69.3 Å². The first-order valence-corrected chi connectivity index (χ1v) is 8.34. The lowest BCUT2D eigenvalue weighted by Crippen LogP contribution is -2.11. The maximum absolute atomic E-state index is 12.3. The van der Waals surface area contributed by atoms with Crippen LogP contribution in [-0.2, 0) is 0 Å². The van der Waals surface area contributed by atoms with E-state index in [4.69, 9.17) is 10.2 Å². The third-order valence-electron chi connectivity index (χ3n) is 3.20. The summed E-state index contributed by atoms with van der Waals surface area (Å²) in [6.07, 6.45) is 0. The van der Waals surface area contributed by atoms with Crippen LogP contribution in [0.1, 0.15) is 10.6 Å². The topological polar surface area (TPSA) is 68.3 Å². The van der Waals surface area contributed by atoms with Crippen molar-refractivity contribution in [1.82, 2.24) is 0 Å². The van der Waals surface area contributed by atoms with Crippen LogP contribution in [-0.4, -0.2) is 5.91 Å². The Morgan fingerprint density at radius 2 is 1.74 bits per heavy atom. The predicted molar refractivity (Wildman–Crippen MR) is 98.4 cm³/mol. The number of furan rings is 1. The number of carbonyl (C=O) groups excluding carboxylic acids is 1. The molecule has 116 valence electrons. The number of anilines is 2. The molecule has 0 fully saturated rings. The predicted octanol–water partition coefficient (Wildman–Crippen LogP) is 5.31. The minimum atomic E-state index is -0.321. The molecule has 0 spiro atoms. The number of hydrogen-bond acceptors (Lipinski definition) is 3. The summed E-state index contributed by atoms with van der Waals surface area (Å²) < 4.78 is 7.34. The number of halogens is 2. The summed E-state index contributed by atoms with van der Waals surface area (Å²) in [4.78, 5) is 12.3. The Morgan fingerprint density at radius 3 is 2.43 bits per heavy atom. The molecule has 0 radical (unpaired) electrons. The molecule has 3 aromatic rings. The molecule has 0 bridgehead atoms. The van der Waals surface area contributed by atoms with Crippen molar-refractivity contribution in [2.75, 3.05) is 11.1 Å². The minimum absolute atomic E-state index is 0.242. The quantitative estimate of drug-likeness (QED) is 0.548. The number of nitrogen functional groups attached to an aromatic ring is 1. The van der Waals surface area contributed by atoms with Crippen LogP contribution < -0.4 is 11.1 Å². The highest BCUT2D eigenvalue weighted by atomic mass is 79.9. The summed E-state index contributed by atoms with van der Waals surface area (Å²) in [5.41, 5.74) is 7.83. The standard InChI is InChI=1S/C17H12Br2N2O2/c18-11-3-1-10(2-4-11)15-7-8-16(23-15)17(22)21-14-6-5-12(20)9-13(14)19/h1-9H,20H2,(H,21,22). The Kier molecular flexibility index (Phi) is 4.54. The molecule has 23 heavy (non-hydrogen) atoms. The Hall–Kier alpha value is -2.05. The fourth-order valence-corrected chi connectivity index (χ4v) is 2.81. The second-order valence-corrected chi connectivity index (χ2v) is 6.63. The summed E-state index contributed by atoms with van der Waals surface area (Å²) in [6.45, 7) is 0. The molecule has 0 aliphatic rings. The summed E-state index contributed by atoms with van der Waals surface area (Å²) in [5, 5.41) is 2.79. The van der Waals surface area contributed by atoms with Gasteiger partial charge in [0.15, 0.2) is 5.76 Å². The third-order valence-corrected chi connectivity index (χ3v) is 4.38. The molecule has 3 N–H and O–H groups in total. The van der Waals surface area contributed by atoms with Gasteiger partial charge in [0.05, 0.1) is 5.69 Å². The average Bonchev–Trinajstić information content (AvgIpc) is 3.01. The molecule has 4 nitrogen and oxygen atoms in total. The molecule has 2 aromatic carbocycles. The zero-order valence-corrected chi connectivity index (χ0v) is 15.0. The van der Waals surface area contributed by atoms with Crippen molar-refractivity contribution < 1.29 is 9.21 Å². The molecular formula is C17H12Br2N2O2. The first-order chi connectivity index (χ1) is 11.0. The monoisotopic (exact) mass is 434 g/mol. The van der Waals surface area contributed by atoms with E-state index in [1.807, 2.05) is 24.3 Å². The molecule has 0 saturated carbocycles. The van der Waals surface area contributed by atoms with Gasteiger partial charge in [0.1, 0.15) is 5.76 Å². The van der Waals surface area contributed by atoms with Gasteiger partial charge in [-0.3, -0.25) is 4.79 Å². The molecule has 0 saturated heterocycles. The van der Waals surface area contributed by atoms with Crippen LogP contribution in [0, 0.1) is 0 Å². The minimum Gasteiger partial charge on any atom is -0.451 e. The van der Waals surface area contributed by atoms with E-state index in [-0.39, 0.29) is 11.7 Å². The molecule has 0 unspecified atom stereocenters. The summed E-state index contributed by atoms with van der Waals surface area (Å²) >= 11 is 6.75. The van der Waals surface area contributed by atoms with Gasteiger partial charge >= 0.3 is 0 Å². The van der Waals surface area contributed by atoms with Gasteiger partial charge in [0.2, 0.25) is 0 Å².